The number of carbonyl (C=O) groups is 3. The van der Waals surface area contributed by atoms with Gasteiger partial charge >= 0.3 is 5.97 Å². The van der Waals surface area contributed by atoms with E-state index < -0.39 is 5.97 Å². The number of unbranched alkanes of at least 4 members (excludes halogenated alkanes) is 1. The summed E-state index contributed by atoms with van der Waals surface area (Å²) < 4.78 is 5.80. The van der Waals surface area contributed by atoms with Crippen molar-refractivity contribution in [3.63, 3.8) is 0 Å². The lowest BCUT2D eigenvalue weighted by atomic mass is 9.98. The summed E-state index contributed by atoms with van der Waals surface area (Å²) in [4.78, 5) is 36.5. The number of nitrogens with one attached hydrogen (secondary N) is 2. The normalized spacial score (nSPS) is 10.8. The van der Waals surface area contributed by atoms with Crippen LogP contribution in [0.25, 0.3) is 11.1 Å². The Bertz CT molecular complexity index is 1530. The topological polar surface area (TPSA) is 105 Å². The Kier molecular flexibility index (Phi) is 10.0. The second kappa shape index (κ2) is 14.3. The molecule has 0 aliphatic heterocycles. The van der Waals surface area contributed by atoms with E-state index in [0.717, 1.165) is 28.3 Å². The Morgan fingerprint density at radius 3 is 2.29 bits per heavy atom. The maximum Gasteiger partial charge on any atom is 0.327 e. The molecule has 3 N–H and O–H groups in total. The highest BCUT2D eigenvalue weighted by Gasteiger charge is 2.13. The summed E-state index contributed by atoms with van der Waals surface area (Å²) in [6.07, 6.45) is 3.91. The first-order chi connectivity index (χ1) is 19.9. The van der Waals surface area contributed by atoms with E-state index in [0.29, 0.717) is 48.6 Å². The van der Waals surface area contributed by atoms with Gasteiger partial charge < -0.3 is 20.5 Å². The lowest BCUT2D eigenvalue weighted by Gasteiger charge is -2.13. The first-order valence-electron chi connectivity index (χ1n) is 13.4. The number of aliphatic carboxylic acids is 1. The molecule has 0 saturated carbocycles. The van der Waals surface area contributed by atoms with Crippen LogP contribution in [-0.4, -0.2) is 29.5 Å². The van der Waals surface area contributed by atoms with E-state index in [1.807, 2.05) is 73.7 Å². The molecule has 0 fully saturated rings. The number of carboxylic acid groups (broad SMARTS) is 1. The van der Waals surface area contributed by atoms with Gasteiger partial charge in [-0.1, -0.05) is 78.4 Å². The number of hydrogen-bond donors (Lipinski definition) is 3. The lowest BCUT2D eigenvalue weighted by molar-refractivity contribution is -0.131. The van der Waals surface area contributed by atoms with E-state index in [4.69, 9.17) is 9.84 Å². The fraction of sp³-hybridized carbons (Fsp3) is 0.147. The molecule has 41 heavy (non-hydrogen) atoms. The first-order valence-corrected chi connectivity index (χ1v) is 13.4. The van der Waals surface area contributed by atoms with Gasteiger partial charge in [-0.15, -0.1) is 0 Å². The molecule has 7 heteroatoms. The van der Waals surface area contributed by atoms with Gasteiger partial charge in [0, 0.05) is 23.7 Å². The minimum absolute atomic E-state index is 0.169. The van der Waals surface area contributed by atoms with Gasteiger partial charge in [-0.25, -0.2) is 4.79 Å². The predicted molar refractivity (Wildman–Crippen MR) is 160 cm³/mol. The number of benzene rings is 4. The molecule has 0 aromatic heterocycles. The van der Waals surface area contributed by atoms with Gasteiger partial charge in [0.05, 0.1) is 12.3 Å². The van der Waals surface area contributed by atoms with E-state index in [1.54, 1.807) is 36.4 Å². The molecule has 0 saturated heterocycles. The van der Waals surface area contributed by atoms with Crippen molar-refractivity contribution in [1.82, 2.24) is 5.32 Å². The van der Waals surface area contributed by atoms with Crippen LogP contribution in [0.15, 0.2) is 109 Å². The third kappa shape index (κ3) is 8.41. The van der Waals surface area contributed by atoms with Crippen molar-refractivity contribution in [1.29, 1.82) is 0 Å². The van der Waals surface area contributed by atoms with Crippen molar-refractivity contribution in [2.45, 2.75) is 26.3 Å². The van der Waals surface area contributed by atoms with Crippen LogP contribution >= 0.6 is 0 Å². The van der Waals surface area contributed by atoms with Crippen LogP contribution in [-0.2, 0) is 11.3 Å². The minimum atomic E-state index is -0.976. The number of hydrogen-bond acceptors (Lipinski definition) is 4. The monoisotopic (exact) mass is 548 g/mol. The van der Waals surface area contributed by atoms with Crippen molar-refractivity contribution in [2.75, 3.05) is 11.9 Å². The van der Waals surface area contributed by atoms with Gasteiger partial charge in [-0.3, -0.25) is 9.59 Å². The van der Waals surface area contributed by atoms with Crippen LogP contribution in [0.5, 0.6) is 5.75 Å². The van der Waals surface area contributed by atoms with Crippen LogP contribution in [0.4, 0.5) is 5.69 Å². The van der Waals surface area contributed by atoms with Gasteiger partial charge in [0.25, 0.3) is 11.8 Å². The van der Waals surface area contributed by atoms with E-state index in [2.05, 4.69) is 10.6 Å². The number of carbonyl (C=O) groups excluding carboxylic acids is 2. The van der Waals surface area contributed by atoms with Crippen molar-refractivity contribution >= 4 is 23.5 Å². The minimum Gasteiger partial charge on any atom is -0.491 e. The molecule has 0 bridgehead atoms. The maximum absolute atomic E-state index is 13.0. The van der Waals surface area contributed by atoms with E-state index in [1.165, 1.54) is 0 Å². The Morgan fingerprint density at radius 1 is 0.829 bits per heavy atom. The molecule has 2 amide bonds. The molecule has 4 rings (SSSR count). The van der Waals surface area contributed by atoms with E-state index in [9.17, 15) is 14.4 Å². The molecule has 0 atom stereocenters. The Labute approximate surface area is 239 Å². The Morgan fingerprint density at radius 2 is 1.54 bits per heavy atom. The molecule has 4 aromatic rings. The molecule has 208 valence electrons. The number of aryl methyl sites for hydroxylation is 1. The van der Waals surface area contributed by atoms with Gasteiger partial charge in [-0.2, -0.15) is 0 Å². The second-order valence-electron chi connectivity index (χ2n) is 9.47. The predicted octanol–water partition coefficient (Wildman–Crippen LogP) is 6.64. The highest BCUT2D eigenvalue weighted by atomic mass is 16.5. The summed E-state index contributed by atoms with van der Waals surface area (Å²) in [6.45, 7) is 2.73. The maximum atomic E-state index is 13.0. The summed E-state index contributed by atoms with van der Waals surface area (Å²) in [5, 5.41) is 14.5. The van der Waals surface area contributed by atoms with Crippen LogP contribution in [0.1, 0.15) is 44.7 Å². The van der Waals surface area contributed by atoms with E-state index in [-0.39, 0.29) is 11.8 Å². The molecular formula is C34H32N2O5. The standard InChI is InChI=1S/C34H32N2O5/c1-24-14-18-26(19-15-24)28-9-4-5-10-29(28)34(40)35-23-25-16-20-27(21-17-25)33(39)36-30-11-6-7-12-31(30)41-22-8-2-3-13-32(37)38/h3-7,9-21H,2,8,22-23H2,1H3,(H,35,40)(H,36,39)(H,37,38). The van der Waals surface area contributed by atoms with Crippen LogP contribution in [0.3, 0.4) is 0 Å². The summed E-state index contributed by atoms with van der Waals surface area (Å²) in [7, 11) is 0. The Hall–Kier alpha value is -5.17. The van der Waals surface area contributed by atoms with Crippen molar-refractivity contribution in [3.8, 4) is 16.9 Å². The van der Waals surface area contributed by atoms with Crippen LogP contribution in [0.2, 0.25) is 0 Å². The molecule has 0 aliphatic carbocycles. The number of anilines is 1. The smallest absolute Gasteiger partial charge is 0.327 e. The zero-order valence-corrected chi connectivity index (χ0v) is 22.8. The third-order valence-corrected chi connectivity index (χ3v) is 6.37. The largest absolute Gasteiger partial charge is 0.491 e. The molecule has 0 spiro atoms. The number of ether oxygens (including phenoxy) is 1. The number of carboxylic acids is 1. The number of amides is 2. The fourth-order valence-corrected chi connectivity index (χ4v) is 4.18. The summed E-state index contributed by atoms with van der Waals surface area (Å²) in [5.41, 5.74) is 5.49. The highest BCUT2D eigenvalue weighted by Crippen LogP contribution is 2.26. The summed E-state index contributed by atoms with van der Waals surface area (Å²) in [5.74, 6) is -0.893. The lowest BCUT2D eigenvalue weighted by Crippen LogP contribution is -2.23. The summed E-state index contributed by atoms with van der Waals surface area (Å²) in [6, 6.07) is 29.8. The van der Waals surface area contributed by atoms with E-state index >= 15 is 0 Å². The number of allylic oxidation sites excluding steroid dienone is 1. The Balaban J connectivity index is 1.32. The third-order valence-electron chi connectivity index (χ3n) is 6.37. The van der Waals surface area contributed by atoms with Crippen molar-refractivity contribution in [2.24, 2.45) is 0 Å². The summed E-state index contributed by atoms with van der Waals surface area (Å²) >= 11 is 0. The second-order valence-corrected chi connectivity index (χ2v) is 9.47. The van der Waals surface area contributed by atoms with Crippen molar-refractivity contribution < 1.29 is 24.2 Å². The first kappa shape index (κ1) is 28.8. The molecule has 0 radical (unpaired) electrons. The number of rotatable bonds is 12. The fourth-order valence-electron chi connectivity index (χ4n) is 4.18. The SMILES string of the molecule is Cc1ccc(-c2ccccc2C(=O)NCc2ccc(C(=O)Nc3ccccc3OCCCC=CC(=O)O)cc2)cc1. The van der Waals surface area contributed by atoms with Gasteiger partial charge in [-0.05, 0) is 66.8 Å². The molecule has 0 heterocycles. The zero-order chi connectivity index (χ0) is 29.0. The van der Waals surface area contributed by atoms with Gasteiger partial charge in [0.15, 0.2) is 0 Å². The average Bonchev–Trinajstić information content (AvgIpc) is 2.99. The molecular weight excluding hydrogens is 516 g/mol. The average molecular weight is 549 g/mol. The van der Waals surface area contributed by atoms with Gasteiger partial charge in [0.2, 0.25) is 0 Å². The van der Waals surface area contributed by atoms with Crippen molar-refractivity contribution in [3.05, 3.63) is 131 Å². The van der Waals surface area contributed by atoms with Crippen LogP contribution in [0, 0.1) is 6.92 Å². The van der Waals surface area contributed by atoms with Gasteiger partial charge in [0.1, 0.15) is 5.75 Å². The zero-order valence-electron chi connectivity index (χ0n) is 22.8. The van der Waals surface area contributed by atoms with Crippen LogP contribution < -0.4 is 15.4 Å². The quantitative estimate of drug-likeness (QED) is 0.136. The molecule has 0 unspecified atom stereocenters. The number of para-hydroxylation sites is 2. The molecule has 7 nitrogen and oxygen atoms in total. The molecule has 4 aromatic carbocycles. The molecule has 0 aliphatic rings. The highest BCUT2D eigenvalue weighted by molar-refractivity contribution is 6.05.